The predicted molar refractivity (Wildman–Crippen MR) is 107 cm³/mol. The minimum absolute atomic E-state index is 0.0884. The molecule has 0 aromatic heterocycles. The number of aliphatic imine (C=N–C) groups is 1. The molecule has 0 radical (unpaired) electrons. The van der Waals surface area contributed by atoms with Gasteiger partial charge in [0.25, 0.3) is 0 Å². The molecule has 0 saturated heterocycles. The van der Waals surface area contributed by atoms with Crippen LogP contribution < -0.4 is 20.5 Å². The molecule has 152 valence electrons. The molecule has 7 nitrogen and oxygen atoms in total. The van der Waals surface area contributed by atoms with E-state index in [1.165, 1.54) is 18.2 Å². The van der Waals surface area contributed by atoms with Gasteiger partial charge in [-0.05, 0) is 43.2 Å². The van der Waals surface area contributed by atoms with Crippen LogP contribution in [0.2, 0.25) is 0 Å². The van der Waals surface area contributed by atoms with E-state index in [9.17, 15) is 12.8 Å². The van der Waals surface area contributed by atoms with Gasteiger partial charge in [-0.1, -0.05) is 24.3 Å². The molecule has 1 unspecified atom stereocenters. The standard InChI is InChI=1S/C19H25FN4O3S/c1-14(27-18-6-4-3-5-17(18)20)13-24-19(22-2)23-12-11-15-7-9-16(10-8-15)28(21,25)26/h3-10,14H,11-13H2,1-2H3,(H2,21,25,26)(H2,22,23,24). The van der Waals surface area contributed by atoms with Gasteiger partial charge in [0, 0.05) is 13.6 Å². The zero-order chi connectivity index (χ0) is 20.6. The summed E-state index contributed by atoms with van der Waals surface area (Å²) in [7, 11) is -2.03. The molecule has 0 aliphatic rings. The summed E-state index contributed by atoms with van der Waals surface area (Å²) < 4.78 is 41.7. The van der Waals surface area contributed by atoms with Crippen LogP contribution in [-0.2, 0) is 16.4 Å². The van der Waals surface area contributed by atoms with Crippen LogP contribution in [0.25, 0.3) is 0 Å². The number of guanidine groups is 1. The highest BCUT2D eigenvalue weighted by atomic mass is 32.2. The van der Waals surface area contributed by atoms with Gasteiger partial charge in [0.1, 0.15) is 6.10 Å². The second-order valence-electron chi connectivity index (χ2n) is 6.18. The number of rotatable bonds is 8. The Balaban J connectivity index is 1.76. The van der Waals surface area contributed by atoms with Gasteiger partial charge in [-0.15, -0.1) is 0 Å². The number of nitrogens with zero attached hydrogens (tertiary/aromatic N) is 1. The Morgan fingerprint density at radius 3 is 2.46 bits per heavy atom. The van der Waals surface area contributed by atoms with Gasteiger partial charge >= 0.3 is 0 Å². The van der Waals surface area contributed by atoms with Crippen molar-refractivity contribution in [3.8, 4) is 5.75 Å². The molecule has 2 rings (SSSR count). The van der Waals surface area contributed by atoms with Crippen molar-refractivity contribution < 1.29 is 17.5 Å². The average molecular weight is 408 g/mol. The minimum Gasteiger partial charge on any atom is -0.486 e. The fourth-order valence-corrected chi connectivity index (χ4v) is 2.95. The first-order chi connectivity index (χ1) is 13.3. The normalized spacial score (nSPS) is 13.1. The summed E-state index contributed by atoms with van der Waals surface area (Å²) in [5.41, 5.74) is 0.964. The Kier molecular flexibility index (Phi) is 7.77. The van der Waals surface area contributed by atoms with Crippen molar-refractivity contribution >= 4 is 16.0 Å². The van der Waals surface area contributed by atoms with E-state index >= 15 is 0 Å². The second kappa shape index (κ2) is 10.0. The molecule has 0 aliphatic heterocycles. The number of nitrogens with two attached hydrogens (primary N) is 1. The van der Waals surface area contributed by atoms with E-state index in [2.05, 4.69) is 15.6 Å². The molecule has 0 saturated carbocycles. The molecule has 0 spiro atoms. The van der Waals surface area contributed by atoms with Crippen LogP contribution in [0.15, 0.2) is 58.4 Å². The monoisotopic (exact) mass is 408 g/mol. The van der Waals surface area contributed by atoms with E-state index in [1.54, 1.807) is 37.4 Å². The average Bonchev–Trinajstić information content (AvgIpc) is 2.66. The van der Waals surface area contributed by atoms with Crippen LogP contribution >= 0.6 is 0 Å². The summed E-state index contributed by atoms with van der Waals surface area (Å²) >= 11 is 0. The van der Waals surface area contributed by atoms with Crippen LogP contribution in [0.5, 0.6) is 5.75 Å². The quantitative estimate of drug-likeness (QED) is 0.455. The van der Waals surface area contributed by atoms with Gasteiger partial charge in [-0.25, -0.2) is 17.9 Å². The lowest BCUT2D eigenvalue weighted by Gasteiger charge is -2.18. The summed E-state index contributed by atoms with van der Waals surface area (Å²) in [5.74, 6) is 0.401. The van der Waals surface area contributed by atoms with Crippen LogP contribution in [-0.4, -0.2) is 40.6 Å². The van der Waals surface area contributed by atoms with Crippen LogP contribution in [0.4, 0.5) is 4.39 Å². The van der Waals surface area contributed by atoms with Gasteiger partial charge in [0.15, 0.2) is 17.5 Å². The van der Waals surface area contributed by atoms with Crippen molar-refractivity contribution in [1.29, 1.82) is 0 Å². The Hall–Kier alpha value is -2.65. The van der Waals surface area contributed by atoms with E-state index in [0.717, 1.165) is 5.56 Å². The fraction of sp³-hybridized carbons (Fsp3) is 0.316. The van der Waals surface area contributed by atoms with E-state index < -0.39 is 15.8 Å². The summed E-state index contributed by atoms with van der Waals surface area (Å²) in [6.07, 6.45) is 0.411. The van der Waals surface area contributed by atoms with Crippen molar-refractivity contribution in [2.45, 2.75) is 24.3 Å². The van der Waals surface area contributed by atoms with Crippen molar-refractivity contribution in [3.05, 3.63) is 59.9 Å². The number of hydrogen-bond donors (Lipinski definition) is 3. The maximum atomic E-state index is 13.6. The molecule has 9 heteroatoms. The summed E-state index contributed by atoms with van der Waals surface area (Å²) in [6.45, 7) is 2.87. The summed E-state index contributed by atoms with van der Waals surface area (Å²) in [6, 6.07) is 12.7. The minimum atomic E-state index is -3.68. The van der Waals surface area contributed by atoms with E-state index in [1.807, 2.05) is 6.92 Å². The second-order valence-corrected chi connectivity index (χ2v) is 7.74. The Bertz CT molecular complexity index is 902. The number of primary sulfonamides is 1. The zero-order valence-electron chi connectivity index (χ0n) is 15.9. The van der Waals surface area contributed by atoms with Crippen LogP contribution in [0.3, 0.4) is 0 Å². The van der Waals surface area contributed by atoms with Crippen molar-refractivity contribution in [3.63, 3.8) is 0 Å². The van der Waals surface area contributed by atoms with Gasteiger partial charge in [-0.2, -0.15) is 0 Å². The molecule has 28 heavy (non-hydrogen) atoms. The molecule has 2 aromatic rings. The first-order valence-corrected chi connectivity index (χ1v) is 10.3. The van der Waals surface area contributed by atoms with Crippen molar-refractivity contribution in [2.24, 2.45) is 10.1 Å². The van der Waals surface area contributed by atoms with Crippen molar-refractivity contribution in [2.75, 3.05) is 20.1 Å². The number of hydrogen-bond acceptors (Lipinski definition) is 4. The van der Waals surface area contributed by atoms with E-state index in [-0.39, 0.29) is 16.7 Å². The Morgan fingerprint density at radius 2 is 1.86 bits per heavy atom. The maximum absolute atomic E-state index is 13.6. The van der Waals surface area contributed by atoms with E-state index in [0.29, 0.717) is 25.5 Å². The highest BCUT2D eigenvalue weighted by molar-refractivity contribution is 7.89. The van der Waals surface area contributed by atoms with Gasteiger partial charge in [0.05, 0.1) is 11.4 Å². The number of nitrogens with one attached hydrogen (secondary N) is 2. The Morgan fingerprint density at radius 1 is 1.18 bits per heavy atom. The molecule has 2 aromatic carbocycles. The molecule has 0 bridgehead atoms. The van der Waals surface area contributed by atoms with Crippen LogP contribution in [0, 0.1) is 5.82 Å². The lowest BCUT2D eigenvalue weighted by atomic mass is 10.1. The largest absolute Gasteiger partial charge is 0.486 e. The number of para-hydroxylation sites is 1. The zero-order valence-corrected chi connectivity index (χ0v) is 16.7. The Labute approximate surface area is 164 Å². The molecule has 0 heterocycles. The number of sulfonamides is 1. The highest BCUT2D eigenvalue weighted by Crippen LogP contribution is 2.16. The molecule has 4 N–H and O–H groups in total. The van der Waals surface area contributed by atoms with E-state index in [4.69, 9.17) is 9.88 Å². The lowest BCUT2D eigenvalue weighted by Crippen LogP contribution is -2.42. The molecule has 0 amide bonds. The van der Waals surface area contributed by atoms with Crippen molar-refractivity contribution in [1.82, 2.24) is 10.6 Å². The fourth-order valence-electron chi connectivity index (χ4n) is 2.43. The SMILES string of the molecule is CN=C(NCCc1ccc(S(N)(=O)=O)cc1)NCC(C)Oc1ccccc1F. The topological polar surface area (TPSA) is 106 Å². The molecular weight excluding hydrogens is 383 g/mol. The van der Waals surface area contributed by atoms with Crippen LogP contribution in [0.1, 0.15) is 12.5 Å². The first-order valence-electron chi connectivity index (χ1n) is 8.77. The smallest absolute Gasteiger partial charge is 0.238 e. The third-order valence-electron chi connectivity index (χ3n) is 3.90. The van der Waals surface area contributed by atoms with Gasteiger partial charge in [0.2, 0.25) is 10.0 Å². The number of ether oxygens (including phenoxy) is 1. The van der Waals surface area contributed by atoms with Gasteiger partial charge < -0.3 is 15.4 Å². The third-order valence-corrected chi connectivity index (χ3v) is 4.83. The number of benzene rings is 2. The molecule has 0 fully saturated rings. The third kappa shape index (κ3) is 6.82. The molecule has 1 atom stereocenters. The van der Waals surface area contributed by atoms with Gasteiger partial charge in [-0.3, -0.25) is 4.99 Å². The maximum Gasteiger partial charge on any atom is 0.238 e. The summed E-state index contributed by atoms with van der Waals surface area (Å²) in [5, 5.41) is 11.4. The highest BCUT2D eigenvalue weighted by Gasteiger charge is 2.09. The molecular formula is C19H25FN4O3S. The predicted octanol–water partition coefficient (Wildman–Crippen LogP) is 1.65. The number of halogens is 1. The molecule has 0 aliphatic carbocycles. The first kappa shape index (κ1) is 21.6. The summed E-state index contributed by atoms with van der Waals surface area (Å²) in [4.78, 5) is 4.22. The lowest BCUT2D eigenvalue weighted by molar-refractivity contribution is 0.214.